The first kappa shape index (κ1) is 23.8. The molecule has 1 aromatic heterocycles. The molecule has 3 unspecified atom stereocenters. The van der Waals surface area contributed by atoms with E-state index in [1.807, 2.05) is 12.1 Å². The number of carboxylic acids is 1. The number of aromatic nitrogens is 1. The van der Waals surface area contributed by atoms with Gasteiger partial charge in [-0.15, -0.1) is 0 Å². The molecule has 1 aliphatic carbocycles. The first-order valence-corrected chi connectivity index (χ1v) is 10.4. The highest BCUT2D eigenvalue weighted by atomic mass is 32.2. The van der Waals surface area contributed by atoms with Crippen LogP contribution in [0.3, 0.4) is 0 Å². The highest BCUT2D eigenvalue weighted by Crippen LogP contribution is 2.28. The molecule has 1 saturated carbocycles. The second-order valence-corrected chi connectivity index (χ2v) is 7.95. The zero-order valence-electron chi connectivity index (χ0n) is 16.2. The van der Waals surface area contributed by atoms with Gasteiger partial charge in [-0.3, -0.25) is 9.19 Å². The summed E-state index contributed by atoms with van der Waals surface area (Å²) >= 11 is -2.54. The van der Waals surface area contributed by atoms with E-state index < -0.39 is 28.9 Å². The molecule has 2 aromatic rings. The Morgan fingerprint density at radius 2 is 1.80 bits per heavy atom. The Bertz CT molecular complexity index is 858. The normalized spacial score (nSPS) is 19.9. The average molecular weight is 443 g/mol. The standard InChI is InChI=1S/C14H19NO2.C6H4F3NO2S/c1-10-4-2-3-5-13(10)15-12-8-6-11(7-9-12)14(16)17;7-6(8,9)5-2-1-4(3-10-5)13(11)12/h6-10,13,15H,2-5H2,1H3,(H,16,17);1-3H,(H,11,12)/p-1. The first-order chi connectivity index (χ1) is 14.1. The van der Waals surface area contributed by atoms with E-state index in [0.717, 1.165) is 11.8 Å². The number of aromatic carboxylic acids is 1. The molecule has 1 fully saturated rings. The lowest BCUT2D eigenvalue weighted by Gasteiger charge is -2.30. The predicted octanol–water partition coefficient (Wildman–Crippen LogP) is 4.71. The number of carboxylic acid groups (broad SMARTS) is 1. The molecule has 164 valence electrons. The summed E-state index contributed by atoms with van der Waals surface area (Å²) in [5.74, 6) is -0.175. The number of halogens is 3. The third kappa shape index (κ3) is 7.10. The molecule has 0 spiro atoms. The van der Waals surface area contributed by atoms with E-state index in [-0.39, 0.29) is 4.90 Å². The van der Waals surface area contributed by atoms with E-state index in [4.69, 9.17) is 5.11 Å². The molecule has 0 bridgehead atoms. The van der Waals surface area contributed by atoms with Crippen LogP contribution in [0.5, 0.6) is 0 Å². The highest BCUT2D eigenvalue weighted by molar-refractivity contribution is 7.79. The molecule has 3 rings (SSSR count). The zero-order valence-corrected chi connectivity index (χ0v) is 17.0. The maximum Gasteiger partial charge on any atom is 0.433 e. The number of nitrogens with one attached hydrogen (secondary N) is 1. The number of anilines is 1. The van der Waals surface area contributed by atoms with Crippen molar-refractivity contribution in [3.8, 4) is 0 Å². The van der Waals surface area contributed by atoms with Gasteiger partial charge in [0.15, 0.2) is 0 Å². The molecule has 1 aromatic carbocycles. The minimum atomic E-state index is -4.54. The summed E-state index contributed by atoms with van der Waals surface area (Å²) in [7, 11) is 0. The summed E-state index contributed by atoms with van der Waals surface area (Å²) in [5, 5.41) is 12.3. The lowest BCUT2D eigenvalue weighted by Crippen LogP contribution is -2.30. The lowest BCUT2D eigenvalue weighted by molar-refractivity contribution is -0.141. The second-order valence-electron chi connectivity index (χ2n) is 7.01. The average Bonchev–Trinajstić information content (AvgIpc) is 2.70. The molecule has 6 nitrogen and oxygen atoms in total. The monoisotopic (exact) mass is 443 g/mol. The van der Waals surface area contributed by atoms with Gasteiger partial charge in [-0.2, -0.15) is 13.2 Å². The third-order valence-electron chi connectivity index (χ3n) is 4.81. The molecule has 1 aliphatic rings. The van der Waals surface area contributed by atoms with Crippen LogP contribution in [-0.2, 0) is 17.3 Å². The van der Waals surface area contributed by atoms with E-state index >= 15 is 0 Å². The fourth-order valence-electron chi connectivity index (χ4n) is 3.10. The predicted molar refractivity (Wildman–Crippen MR) is 105 cm³/mol. The molecule has 0 aliphatic heterocycles. The minimum Gasteiger partial charge on any atom is -0.768 e. The Hall–Kier alpha value is -2.46. The second kappa shape index (κ2) is 10.5. The Labute approximate surface area is 174 Å². The van der Waals surface area contributed by atoms with Crippen molar-refractivity contribution in [2.24, 2.45) is 5.92 Å². The van der Waals surface area contributed by atoms with Crippen LogP contribution >= 0.6 is 0 Å². The maximum atomic E-state index is 11.9. The number of benzene rings is 1. The van der Waals surface area contributed by atoms with E-state index in [9.17, 15) is 26.7 Å². The van der Waals surface area contributed by atoms with Gasteiger partial charge in [0.2, 0.25) is 0 Å². The van der Waals surface area contributed by atoms with Crippen LogP contribution in [0.25, 0.3) is 0 Å². The summed E-state index contributed by atoms with van der Waals surface area (Å²) < 4.78 is 56.2. The van der Waals surface area contributed by atoms with Gasteiger partial charge in [0.05, 0.1) is 5.56 Å². The number of nitrogens with zero attached hydrogens (tertiary/aromatic N) is 1. The Kier molecular flexibility index (Phi) is 8.36. The number of hydrogen-bond donors (Lipinski definition) is 2. The van der Waals surface area contributed by atoms with Crippen molar-refractivity contribution in [3.05, 3.63) is 53.9 Å². The van der Waals surface area contributed by atoms with Crippen molar-refractivity contribution >= 4 is 22.7 Å². The molecular formula is C20H22F3N2O4S-. The van der Waals surface area contributed by atoms with Gasteiger partial charge in [0.1, 0.15) is 5.69 Å². The van der Waals surface area contributed by atoms with Crippen LogP contribution in [0.2, 0.25) is 0 Å². The summed E-state index contributed by atoms with van der Waals surface area (Å²) in [5.41, 5.74) is 0.252. The van der Waals surface area contributed by atoms with E-state index in [0.29, 0.717) is 29.8 Å². The van der Waals surface area contributed by atoms with Crippen LogP contribution in [0.4, 0.5) is 18.9 Å². The van der Waals surface area contributed by atoms with Crippen LogP contribution in [0.1, 0.15) is 48.7 Å². The fraction of sp³-hybridized carbons (Fsp3) is 0.400. The first-order valence-electron chi connectivity index (χ1n) is 9.30. The summed E-state index contributed by atoms with van der Waals surface area (Å²) in [4.78, 5) is 13.4. The molecule has 10 heteroatoms. The summed E-state index contributed by atoms with van der Waals surface area (Å²) in [6, 6.07) is 9.00. The molecule has 0 saturated heterocycles. The summed E-state index contributed by atoms with van der Waals surface area (Å²) in [6.45, 7) is 2.28. The number of pyridine rings is 1. The lowest BCUT2D eigenvalue weighted by atomic mass is 9.86. The van der Waals surface area contributed by atoms with Crippen molar-refractivity contribution in [2.75, 3.05) is 5.32 Å². The zero-order chi connectivity index (χ0) is 22.3. The highest BCUT2D eigenvalue weighted by Gasteiger charge is 2.32. The van der Waals surface area contributed by atoms with Gasteiger partial charge in [0, 0.05) is 22.8 Å². The van der Waals surface area contributed by atoms with E-state index in [2.05, 4.69) is 17.2 Å². The fourth-order valence-corrected chi connectivity index (χ4v) is 3.42. The number of alkyl halides is 3. The van der Waals surface area contributed by atoms with Crippen molar-refractivity contribution < 1.29 is 31.8 Å². The number of hydrogen-bond acceptors (Lipinski definition) is 5. The molecule has 0 radical (unpaired) electrons. The Morgan fingerprint density at radius 1 is 1.17 bits per heavy atom. The van der Waals surface area contributed by atoms with Gasteiger partial charge in [0.25, 0.3) is 0 Å². The van der Waals surface area contributed by atoms with Gasteiger partial charge < -0.3 is 15.0 Å². The molecule has 3 atom stereocenters. The quantitative estimate of drug-likeness (QED) is 0.664. The summed E-state index contributed by atoms with van der Waals surface area (Å²) in [6.07, 6.45) is 1.23. The maximum absolute atomic E-state index is 11.9. The van der Waals surface area contributed by atoms with E-state index in [1.165, 1.54) is 25.7 Å². The molecule has 30 heavy (non-hydrogen) atoms. The number of carbonyl (C=O) groups is 1. The SMILES string of the molecule is CC1CCCCC1Nc1ccc(C(=O)O)cc1.O=S([O-])c1ccc(C(F)(F)F)nc1. The third-order valence-corrected chi connectivity index (χ3v) is 5.44. The topological polar surface area (TPSA) is 102 Å². The van der Waals surface area contributed by atoms with Gasteiger partial charge in [-0.05, 0) is 66.2 Å². The van der Waals surface area contributed by atoms with Gasteiger partial charge >= 0.3 is 12.1 Å². The minimum absolute atomic E-state index is 0.270. The molecule has 2 N–H and O–H groups in total. The Morgan fingerprint density at radius 3 is 2.27 bits per heavy atom. The van der Waals surface area contributed by atoms with Gasteiger partial charge in [-0.1, -0.05) is 19.8 Å². The molecular weight excluding hydrogens is 421 g/mol. The van der Waals surface area contributed by atoms with Crippen LogP contribution in [0.15, 0.2) is 47.5 Å². The van der Waals surface area contributed by atoms with Crippen molar-refractivity contribution in [2.45, 2.75) is 49.7 Å². The molecule has 1 heterocycles. The largest absolute Gasteiger partial charge is 0.768 e. The van der Waals surface area contributed by atoms with Crippen molar-refractivity contribution in [1.82, 2.24) is 4.98 Å². The van der Waals surface area contributed by atoms with Crippen LogP contribution < -0.4 is 5.32 Å². The Balaban J connectivity index is 0.000000222. The van der Waals surface area contributed by atoms with Gasteiger partial charge in [-0.25, -0.2) is 4.79 Å². The molecule has 0 amide bonds. The smallest absolute Gasteiger partial charge is 0.433 e. The number of rotatable bonds is 4. The van der Waals surface area contributed by atoms with E-state index in [1.54, 1.807) is 12.1 Å². The van der Waals surface area contributed by atoms with Crippen molar-refractivity contribution in [1.29, 1.82) is 0 Å². The van der Waals surface area contributed by atoms with Crippen LogP contribution in [0, 0.1) is 5.92 Å². The van der Waals surface area contributed by atoms with Crippen LogP contribution in [-0.4, -0.2) is 30.9 Å². The van der Waals surface area contributed by atoms with Crippen molar-refractivity contribution in [3.63, 3.8) is 0 Å².